The van der Waals surface area contributed by atoms with Crippen LogP contribution >= 0.6 is 11.3 Å². The van der Waals surface area contributed by atoms with Gasteiger partial charge < -0.3 is 4.74 Å². The van der Waals surface area contributed by atoms with Crippen LogP contribution in [0.4, 0.5) is 0 Å². The first-order chi connectivity index (χ1) is 14.9. The van der Waals surface area contributed by atoms with Crippen molar-refractivity contribution in [2.24, 2.45) is 5.92 Å². The molecule has 2 aromatic rings. The lowest BCUT2D eigenvalue weighted by Gasteiger charge is -2.20. The number of sulfone groups is 1. The fourth-order valence-electron chi connectivity index (χ4n) is 3.69. The molecular formula is C23H25NO5S2. The lowest BCUT2D eigenvalue weighted by Crippen LogP contribution is -2.15. The lowest BCUT2D eigenvalue weighted by atomic mass is 9.91. The van der Waals surface area contributed by atoms with Crippen LogP contribution in [0.1, 0.15) is 53.9 Å². The van der Waals surface area contributed by atoms with Gasteiger partial charge in [0.2, 0.25) is 0 Å². The number of Topliss-reactive ketones (excluding diaryl/α,β-unsaturated/α-hetero) is 2. The smallest absolute Gasteiger partial charge is 0.191 e. The van der Waals surface area contributed by atoms with E-state index in [0.717, 1.165) is 12.8 Å². The van der Waals surface area contributed by atoms with Crippen LogP contribution < -0.4 is 0 Å². The van der Waals surface area contributed by atoms with Crippen molar-refractivity contribution in [3.8, 4) is 0 Å². The zero-order valence-corrected chi connectivity index (χ0v) is 18.8. The Morgan fingerprint density at radius 1 is 1.06 bits per heavy atom. The first-order valence-corrected chi connectivity index (χ1v) is 13.0. The minimum Gasteiger partial charge on any atom is -0.381 e. The van der Waals surface area contributed by atoms with Crippen LogP contribution in [0.15, 0.2) is 46.8 Å². The zero-order valence-electron chi connectivity index (χ0n) is 17.2. The van der Waals surface area contributed by atoms with Crippen LogP contribution in [0.5, 0.6) is 0 Å². The monoisotopic (exact) mass is 459 g/mol. The van der Waals surface area contributed by atoms with E-state index in [1.54, 1.807) is 35.8 Å². The topological polar surface area (TPSA) is 90.4 Å². The number of carbonyl (C=O) groups excluding carboxylic acids is 2. The fourth-order valence-corrected chi connectivity index (χ4v) is 5.96. The Balaban J connectivity index is 1.54. The van der Waals surface area contributed by atoms with Crippen LogP contribution in [0, 0.1) is 5.92 Å². The standard InChI is InChI=1S/C23H25NO5S2/c25-21(7-8-22(26)23-24-11-14-30-23)20(15-16-9-12-29-13-10-16)17-1-3-18(4-2-17)31(27,28)19-5-6-19/h1-4,11,14-16,19H,5-10,12-13H2/b20-15+. The molecule has 8 heteroatoms. The SMILES string of the molecule is O=C(CCC(=O)c1nccs1)/C(=C/C1CCOCC1)c1ccc(S(=O)(=O)C2CC2)cc1. The Morgan fingerprint density at radius 3 is 2.39 bits per heavy atom. The molecule has 0 amide bonds. The number of hydrogen-bond acceptors (Lipinski definition) is 7. The van der Waals surface area contributed by atoms with Gasteiger partial charge in [0, 0.05) is 43.2 Å². The van der Waals surface area contributed by atoms with E-state index in [0.29, 0.717) is 47.1 Å². The van der Waals surface area contributed by atoms with Gasteiger partial charge in [-0.05, 0) is 49.3 Å². The van der Waals surface area contributed by atoms with Gasteiger partial charge in [-0.15, -0.1) is 11.3 Å². The molecule has 6 nitrogen and oxygen atoms in total. The molecule has 0 radical (unpaired) electrons. The van der Waals surface area contributed by atoms with Gasteiger partial charge in [0.15, 0.2) is 26.4 Å². The normalized spacial score (nSPS) is 18.1. The quantitative estimate of drug-likeness (QED) is 0.414. The summed E-state index contributed by atoms with van der Waals surface area (Å²) in [5.74, 6) is -0.0360. The second kappa shape index (κ2) is 9.54. The fraction of sp³-hybridized carbons (Fsp3) is 0.435. The third-order valence-corrected chi connectivity index (χ3v) is 8.77. The van der Waals surface area contributed by atoms with Crippen molar-refractivity contribution in [1.82, 2.24) is 4.98 Å². The van der Waals surface area contributed by atoms with E-state index in [1.165, 1.54) is 11.3 Å². The zero-order chi connectivity index (χ0) is 21.8. The molecule has 0 N–H and O–H groups in total. The van der Waals surface area contributed by atoms with Gasteiger partial charge in [-0.1, -0.05) is 18.2 Å². The van der Waals surface area contributed by atoms with Crippen molar-refractivity contribution in [2.75, 3.05) is 13.2 Å². The summed E-state index contributed by atoms with van der Waals surface area (Å²) in [4.78, 5) is 29.7. The van der Waals surface area contributed by atoms with Crippen LogP contribution in [0.2, 0.25) is 0 Å². The van der Waals surface area contributed by atoms with Crippen molar-refractivity contribution in [3.63, 3.8) is 0 Å². The lowest BCUT2D eigenvalue weighted by molar-refractivity contribution is -0.113. The molecular weight excluding hydrogens is 434 g/mol. The maximum atomic E-state index is 13.1. The predicted molar refractivity (Wildman–Crippen MR) is 119 cm³/mol. The minimum atomic E-state index is -3.27. The molecule has 31 heavy (non-hydrogen) atoms. The average Bonchev–Trinajstić information content (AvgIpc) is 3.52. The number of hydrogen-bond donors (Lipinski definition) is 0. The summed E-state index contributed by atoms with van der Waals surface area (Å²) in [7, 11) is -3.27. The highest BCUT2D eigenvalue weighted by Gasteiger charge is 2.36. The number of benzene rings is 1. The Morgan fingerprint density at radius 2 is 1.77 bits per heavy atom. The Bertz CT molecular complexity index is 1060. The first-order valence-electron chi connectivity index (χ1n) is 10.5. The third-order valence-electron chi connectivity index (χ3n) is 5.68. The van der Waals surface area contributed by atoms with E-state index in [2.05, 4.69) is 4.98 Å². The third kappa shape index (κ3) is 5.37. The second-order valence-corrected chi connectivity index (χ2v) is 11.1. The van der Waals surface area contributed by atoms with E-state index < -0.39 is 9.84 Å². The maximum absolute atomic E-state index is 13.1. The molecule has 0 spiro atoms. The van der Waals surface area contributed by atoms with Crippen molar-refractivity contribution < 1.29 is 22.7 Å². The van der Waals surface area contributed by atoms with E-state index in [-0.39, 0.29) is 35.6 Å². The summed E-state index contributed by atoms with van der Waals surface area (Å²) in [5.41, 5.74) is 1.24. The number of allylic oxidation sites excluding steroid dienone is 2. The van der Waals surface area contributed by atoms with Gasteiger partial charge in [-0.3, -0.25) is 9.59 Å². The summed E-state index contributed by atoms with van der Waals surface area (Å²) in [6, 6.07) is 6.60. The average molecular weight is 460 g/mol. The summed E-state index contributed by atoms with van der Waals surface area (Å²) >= 11 is 1.27. The van der Waals surface area contributed by atoms with Gasteiger partial charge >= 0.3 is 0 Å². The number of carbonyl (C=O) groups is 2. The molecule has 4 rings (SSSR count). The summed E-state index contributed by atoms with van der Waals surface area (Å²) < 4.78 is 30.4. The molecule has 1 aliphatic heterocycles. The molecule has 2 fully saturated rings. The van der Waals surface area contributed by atoms with E-state index in [1.807, 2.05) is 6.08 Å². The van der Waals surface area contributed by atoms with Crippen molar-refractivity contribution >= 4 is 38.3 Å². The van der Waals surface area contributed by atoms with Gasteiger partial charge in [0.25, 0.3) is 0 Å². The van der Waals surface area contributed by atoms with Crippen LogP contribution in [-0.2, 0) is 19.4 Å². The van der Waals surface area contributed by atoms with E-state index >= 15 is 0 Å². The summed E-state index contributed by atoms with van der Waals surface area (Å²) in [6.45, 7) is 1.31. The summed E-state index contributed by atoms with van der Waals surface area (Å²) in [6.07, 6.45) is 6.85. The highest BCUT2D eigenvalue weighted by Crippen LogP contribution is 2.34. The number of rotatable bonds is 9. The number of thiazole rings is 1. The van der Waals surface area contributed by atoms with Gasteiger partial charge in [0.1, 0.15) is 0 Å². The number of ketones is 2. The number of nitrogens with zero attached hydrogens (tertiary/aromatic N) is 1. The van der Waals surface area contributed by atoms with E-state index in [9.17, 15) is 18.0 Å². The molecule has 0 bridgehead atoms. The molecule has 0 unspecified atom stereocenters. The van der Waals surface area contributed by atoms with Crippen molar-refractivity contribution in [1.29, 1.82) is 0 Å². The van der Waals surface area contributed by atoms with E-state index in [4.69, 9.17) is 4.74 Å². The molecule has 1 aliphatic carbocycles. The highest BCUT2D eigenvalue weighted by molar-refractivity contribution is 7.92. The molecule has 164 valence electrons. The van der Waals surface area contributed by atoms with Gasteiger partial charge in [-0.2, -0.15) is 0 Å². The van der Waals surface area contributed by atoms with Crippen molar-refractivity contribution in [3.05, 3.63) is 52.5 Å². The molecule has 1 aromatic heterocycles. The highest BCUT2D eigenvalue weighted by atomic mass is 32.2. The molecule has 2 aliphatic rings. The van der Waals surface area contributed by atoms with Crippen LogP contribution in [0.25, 0.3) is 5.57 Å². The minimum absolute atomic E-state index is 0.0928. The van der Waals surface area contributed by atoms with Crippen LogP contribution in [0.3, 0.4) is 0 Å². The molecule has 1 saturated heterocycles. The molecule has 1 saturated carbocycles. The second-order valence-electron chi connectivity index (χ2n) is 7.98. The largest absolute Gasteiger partial charge is 0.381 e. The van der Waals surface area contributed by atoms with Gasteiger partial charge in [-0.25, -0.2) is 13.4 Å². The summed E-state index contributed by atoms with van der Waals surface area (Å²) in [5, 5.41) is 1.88. The maximum Gasteiger partial charge on any atom is 0.191 e. The molecule has 2 heterocycles. The van der Waals surface area contributed by atoms with Gasteiger partial charge in [0.05, 0.1) is 10.1 Å². The molecule has 1 aromatic carbocycles. The van der Waals surface area contributed by atoms with Crippen LogP contribution in [-0.4, -0.2) is 43.4 Å². The predicted octanol–water partition coefficient (Wildman–Crippen LogP) is 4.12. The number of aromatic nitrogens is 1. The number of ether oxygens (including phenoxy) is 1. The Hall–Kier alpha value is -2.16. The first kappa shape index (κ1) is 22.0. The Labute approximate surface area is 186 Å². The Kier molecular flexibility index (Phi) is 6.79. The van der Waals surface area contributed by atoms with Crippen molar-refractivity contribution in [2.45, 2.75) is 48.7 Å². The molecule has 0 atom stereocenters.